The number of nitrogens with two attached hydrogens (primary N) is 1. The van der Waals surface area contributed by atoms with Gasteiger partial charge in [0.15, 0.2) is 5.82 Å². The van der Waals surface area contributed by atoms with Crippen LogP contribution < -0.4 is 16.4 Å². The lowest BCUT2D eigenvalue weighted by molar-refractivity contribution is 0.100. The molecular weight excluding hydrogens is 318 g/mol. The molecule has 0 aliphatic carbocycles. The topological polar surface area (TPSA) is 102 Å². The zero-order valence-corrected chi connectivity index (χ0v) is 13.6. The number of nitrogens with zero attached hydrogens (tertiary/aromatic N) is 2. The van der Waals surface area contributed by atoms with E-state index >= 15 is 0 Å². The molecule has 1 heterocycles. The summed E-state index contributed by atoms with van der Waals surface area (Å²) in [7, 11) is 1.81. The number of hydrogen-bond donors (Lipinski definition) is 3. The van der Waals surface area contributed by atoms with Gasteiger partial charge in [-0.3, -0.25) is 14.8 Å². The van der Waals surface area contributed by atoms with Crippen LogP contribution in [0, 0.1) is 0 Å². The van der Waals surface area contributed by atoms with Crippen LogP contribution in [0.2, 0.25) is 0 Å². The van der Waals surface area contributed by atoms with Gasteiger partial charge in [-0.05, 0) is 29.8 Å². The monoisotopic (exact) mass is 335 g/mol. The number of aryl methyl sites for hydroxylation is 1. The summed E-state index contributed by atoms with van der Waals surface area (Å²) in [6.07, 6.45) is 0. The van der Waals surface area contributed by atoms with E-state index in [9.17, 15) is 9.59 Å². The summed E-state index contributed by atoms with van der Waals surface area (Å²) >= 11 is 0. The van der Waals surface area contributed by atoms with Crippen LogP contribution in [0.3, 0.4) is 0 Å². The Morgan fingerprint density at radius 2 is 1.68 bits per heavy atom. The SMILES string of the molecule is Cn1nc(NC(=O)Nc2ccc(C(N)=O)cc2)cc1-c1ccccc1. The van der Waals surface area contributed by atoms with Crippen LogP contribution in [0.15, 0.2) is 60.7 Å². The van der Waals surface area contributed by atoms with E-state index in [0.29, 0.717) is 17.1 Å². The number of aromatic nitrogens is 2. The predicted octanol–water partition coefficient (Wildman–Crippen LogP) is 2.83. The molecule has 0 aliphatic heterocycles. The normalized spacial score (nSPS) is 10.3. The molecule has 0 saturated heterocycles. The Labute approximate surface area is 144 Å². The molecule has 1 aromatic heterocycles. The Morgan fingerprint density at radius 1 is 1.00 bits per heavy atom. The lowest BCUT2D eigenvalue weighted by Crippen LogP contribution is -2.20. The van der Waals surface area contributed by atoms with Crippen LogP contribution >= 0.6 is 0 Å². The molecule has 0 atom stereocenters. The van der Waals surface area contributed by atoms with E-state index in [1.54, 1.807) is 35.0 Å². The molecule has 0 spiro atoms. The molecule has 0 saturated carbocycles. The number of rotatable bonds is 4. The zero-order chi connectivity index (χ0) is 17.8. The van der Waals surface area contributed by atoms with Crippen molar-refractivity contribution in [2.45, 2.75) is 0 Å². The highest BCUT2D eigenvalue weighted by Gasteiger charge is 2.10. The fraction of sp³-hybridized carbons (Fsp3) is 0.0556. The maximum atomic E-state index is 12.1. The van der Waals surface area contributed by atoms with E-state index in [1.807, 2.05) is 37.4 Å². The van der Waals surface area contributed by atoms with Crippen molar-refractivity contribution in [1.29, 1.82) is 0 Å². The van der Waals surface area contributed by atoms with E-state index in [4.69, 9.17) is 5.73 Å². The quantitative estimate of drug-likeness (QED) is 0.683. The highest BCUT2D eigenvalue weighted by atomic mass is 16.2. The molecule has 3 rings (SSSR count). The van der Waals surface area contributed by atoms with Crippen LogP contribution in [0.1, 0.15) is 10.4 Å². The first kappa shape index (κ1) is 16.3. The van der Waals surface area contributed by atoms with Crippen LogP contribution in [-0.2, 0) is 7.05 Å². The molecular formula is C18H17N5O2. The number of hydrogen-bond acceptors (Lipinski definition) is 3. The number of carbonyl (C=O) groups is 2. The molecule has 0 fully saturated rings. The second-order valence-corrected chi connectivity index (χ2v) is 5.43. The van der Waals surface area contributed by atoms with E-state index in [2.05, 4.69) is 15.7 Å². The Balaban J connectivity index is 1.68. The first-order valence-electron chi connectivity index (χ1n) is 7.60. The molecule has 7 nitrogen and oxygen atoms in total. The van der Waals surface area contributed by atoms with Gasteiger partial charge in [-0.1, -0.05) is 30.3 Å². The number of carbonyl (C=O) groups excluding carboxylic acids is 2. The van der Waals surface area contributed by atoms with Crippen molar-refractivity contribution >= 4 is 23.4 Å². The van der Waals surface area contributed by atoms with E-state index in [-0.39, 0.29) is 0 Å². The molecule has 0 unspecified atom stereocenters. The number of primary amides is 1. The van der Waals surface area contributed by atoms with Gasteiger partial charge in [-0.2, -0.15) is 5.10 Å². The van der Waals surface area contributed by atoms with Crippen molar-refractivity contribution in [3.8, 4) is 11.3 Å². The third kappa shape index (κ3) is 3.84. The molecule has 0 aliphatic rings. The first-order valence-corrected chi connectivity index (χ1v) is 7.60. The lowest BCUT2D eigenvalue weighted by Gasteiger charge is -2.05. The summed E-state index contributed by atoms with van der Waals surface area (Å²) in [5.74, 6) is -0.0782. The Morgan fingerprint density at radius 3 is 2.32 bits per heavy atom. The third-order valence-corrected chi connectivity index (χ3v) is 3.62. The van der Waals surface area contributed by atoms with E-state index < -0.39 is 11.9 Å². The second-order valence-electron chi connectivity index (χ2n) is 5.43. The minimum Gasteiger partial charge on any atom is -0.366 e. The average Bonchev–Trinajstić information content (AvgIpc) is 2.96. The maximum Gasteiger partial charge on any atom is 0.324 e. The Hall–Kier alpha value is -3.61. The average molecular weight is 335 g/mol. The van der Waals surface area contributed by atoms with Gasteiger partial charge in [0.2, 0.25) is 5.91 Å². The molecule has 0 bridgehead atoms. The Bertz CT molecular complexity index is 901. The molecule has 126 valence electrons. The summed E-state index contributed by atoms with van der Waals surface area (Å²) in [5.41, 5.74) is 8.00. The van der Waals surface area contributed by atoms with Gasteiger partial charge in [0, 0.05) is 24.4 Å². The summed E-state index contributed by atoms with van der Waals surface area (Å²) in [4.78, 5) is 23.1. The van der Waals surface area contributed by atoms with E-state index in [0.717, 1.165) is 11.3 Å². The summed E-state index contributed by atoms with van der Waals surface area (Å²) < 4.78 is 1.70. The fourth-order valence-electron chi connectivity index (χ4n) is 2.40. The van der Waals surface area contributed by atoms with Gasteiger partial charge in [0.05, 0.1) is 5.69 Å². The highest BCUT2D eigenvalue weighted by Crippen LogP contribution is 2.21. The van der Waals surface area contributed by atoms with Crippen LogP contribution in [0.4, 0.5) is 16.3 Å². The van der Waals surface area contributed by atoms with Crippen molar-refractivity contribution in [3.63, 3.8) is 0 Å². The van der Waals surface area contributed by atoms with Crippen molar-refractivity contribution in [2.24, 2.45) is 12.8 Å². The van der Waals surface area contributed by atoms with Crippen LogP contribution in [-0.4, -0.2) is 21.7 Å². The smallest absolute Gasteiger partial charge is 0.324 e. The van der Waals surface area contributed by atoms with Gasteiger partial charge < -0.3 is 11.1 Å². The predicted molar refractivity (Wildman–Crippen MR) is 96.2 cm³/mol. The number of anilines is 2. The first-order chi connectivity index (χ1) is 12.0. The number of benzene rings is 2. The van der Waals surface area contributed by atoms with Crippen LogP contribution in [0.5, 0.6) is 0 Å². The number of nitrogens with one attached hydrogen (secondary N) is 2. The molecule has 3 amide bonds. The van der Waals surface area contributed by atoms with Gasteiger partial charge in [0.1, 0.15) is 0 Å². The lowest BCUT2D eigenvalue weighted by atomic mass is 10.1. The summed E-state index contributed by atoms with van der Waals surface area (Å²) in [6.45, 7) is 0. The molecule has 7 heteroatoms. The summed E-state index contributed by atoms with van der Waals surface area (Å²) in [5, 5.41) is 9.65. The van der Waals surface area contributed by atoms with Crippen molar-refractivity contribution in [2.75, 3.05) is 10.6 Å². The molecule has 0 radical (unpaired) electrons. The van der Waals surface area contributed by atoms with E-state index in [1.165, 1.54) is 0 Å². The van der Waals surface area contributed by atoms with Gasteiger partial charge in [-0.25, -0.2) is 4.79 Å². The third-order valence-electron chi connectivity index (χ3n) is 3.62. The standard InChI is InChI=1S/C18H17N5O2/c1-23-15(12-5-3-2-4-6-12)11-16(22-23)21-18(25)20-14-9-7-13(8-10-14)17(19)24/h2-11H,1H3,(H2,19,24)(H2,20,21,22,25). The fourth-order valence-corrected chi connectivity index (χ4v) is 2.40. The summed E-state index contributed by atoms with van der Waals surface area (Å²) in [6, 6.07) is 17.4. The highest BCUT2D eigenvalue weighted by molar-refractivity contribution is 6.00. The minimum absolute atomic E-state index is 0.378. The maximum absolute atomic E-state index is 12.1. The van der Waals surface area contributed by atoms with Crippen molar-refractivity contribution in [3.05, 3.63) is 66.2 Å². The van der Waals surface area contributed by atoms with Crippen molar-refractivity contribution < 1.29 is 9.59 Å². The van der Waals surface area contributed by atoms with Crippen LogP contribution in [0.25, 0.3) is 11.3 Å². The molecule has 2 aromatic carbocycles. The molecule has 3 aromatic rings. The molecule has 25 heavy (non-hydrogen) atoms. The van der Waals surface area contributed by atoms with Crippen molar-refractivity contribution in [1.82, 2.24) is 9.78 Å². The Kier molecular flexibility index (Phi) is 4.47. The van der Waals surface area contributed by atoms with Gasteiger partial charge in [-0.15, -0.1) is 0 Å². The molecule has 4 N–H and O–H groups in total. The van der Waals surface area contributed by atoms with Gasteiger partial charge in [0.25, 0.3) is 0 Å². The van der Waals surface area contributed by atoms with Gasteiger partial charge >= 0.3 is 6.03 Å². The number of amides is 3. The second kappa shape index (κ2) is 6.88. The number of urea groups is 1. The zero-order valence-electron chi connectivity index (χ0n) is 13.6. The minimum atomic E-state index is -0.516. The largest absolute Gasteiger partial charge is 0.366 e.